The largest absolute Gasteiger partial charge is 0.477 e. The number of fused-ring (bicyclic) bond motifs is 1. The van der Waals surface area contributed by atoms with E-state index in [0.717, 1.165) is 5.56 Å². The van der Waals surface area contributed by atoms with E-state index in [1.165, 1.54) is 18.2 Å². The molecule has 2 radical (unpaired) electrons. The van der Waals surface area contributed by atoms with Crippen molar-refractivity contribution in [3.05, 3.63) is 69.3 Å². The van der Waals surface area contributed by atoms with Crippen molar-refractivity contribution >= 4 is 95.5 Å². The summed E-state index contributed by atoms with van der Waals surface area (Å²) in [5.74, 6) is -1.28. The number of anilines is 1. The average molecular weight is 431 g/mol. The number of H-pyrrole nitrogens is 1. The van der Waals surface area contributed by atoms with Crippen LogP contribution in [0.25, 0.3) is 17.0 Å². The Morgan fingerprint density at radius 1 is 1.13 bits per heavy atom. The quantitative estimate of drug-likeness (QED) is 0.384. The minimum atomic E-state index is -1.16. The number of hydrogen-bond donors (Lipinski definition) is 3. The molecule has 0 aliphatic heterocycles. The van der Waals surface area contributed by atoms with Crippen LogP contribution in [0, 0.1) is 0 Å². The van der Waals surface area contributed by atoms with E-state index in [1.54, 1.807) is 6.07 Å². The van der Waals surface area contributed by atoms with Crippen LogP contribution in [0.4, 0.5) is 5.69 Å². The van der Waals surface area contributed by atoms with E-state index >= 15 is 0 Å². The number of carboxylic acids is 1. The number of carbonyl (C=O) groups excluding carboxylic acids is 1. The molecule has 2 aromatic carbocycles. The van der Waals surface area contributed by atoms with Gasteiger partial charge in [0, 0.05) is 71.0 Å². The second-order valence-corrected chi connectivity index (χ2v) is 7.44. The summed E-state index contributed by atoms with van der Waals surface area (Å²) in [6, 6.07) is 10.7. The number of nitrogens with one attached hydrogen (secondary N) is 2. The van der Waals surface area contributed by atoms with Crippen LogP contribution < -0.4 is 5.32 Å². The molecule has 0 aliphatic carbocycles. The van der Waals surface area contributed by atoms with Crippen molar-refractivity contribution in [1.82, 2.24) is 4.98 Å². The smallest absolute Gasteiger partial charge is 0.352 e. The number of aromatic nitrogens is 1. The zero-order valence-electron chi connectivity index (χ0n) is 17.2. The van der Waals surface area contributed by atoms with Gasteiger partial charge in [0.25, 0.3) is 0 Å². The van der Waals surface area contributed by atoms with Crippen LogP contribution in [-0.2, 0) is 4.79 Å². The fourth-order valence-electron chi connectivity index (χ4n) is 3.06. The molecule has 0 saturated heterocycles. The predicted octanol–water partition coefficient (Wildman–Crippen LogP) is 5.19. The molecule has 0 fully saturated rings. The Bertz CT molecular complexity index is 1110. The van der Waals surface area contributed by atoms with E-state index in [4.69, 9.17) is 23.2 Å². The first-order valence-corrected chi connectivity index (χ1v) is 9.35. The van der Waals surface area contributed by atoms with Crippen LogP contribution in [-0.4, -0.2) is 59.7 Å². The third-order valence-electron chi connectivity index (χ3n) is 4.31. The van der Waals surface area contributed by atoms with Gasteiger partial charge in [-0.15, -0.1) is 0 Å². The van der Waals surface area contributed by atoms with Crippen molar-refractivity contribution in [3.8, 4) is 0 Å². The topological polar surface area (TPSA) is 82.2 Å². The summed E-state index contributed by atoms with van der Waals surface area (Å²) in [4.78, 5) is 26.8. The summed E-state index contributed by atoms with van der Waals surface area (Å²) in [5, 5.41) is 13.5. The third-order valence-corrected chi connectivity index (χ3v) is 4.83. The monoisotopic (exact) mass is 430 g/mol. The summed E-state index contributed by atoms with van der Waals surface area (Å²) >= 11 is 12.2. The maximum atomic E-state index is 12.4. The summed E-state index contributed by atoms with van der Waals surface area (Å²) in [6.07, 6.45) is 2.73. The fourth-order valence-corrected chi connectivity index (χ4v) is 3.65. The first-order valence-electron chi connectivity index (χ1n) is 8.60. The van der Waals surface area contributed by atoms with Crippen molar-refractivity contribution in [3.63, 3.8) is 0 Å². The van der Waals surface area contributed by atoms with Crippen molar-refractivity contribution in [2.75, 3.05) is 5.32 Å². The Morgan fingerprint density at radius 3 is 2.43 bits per heavy atom. The van der Waals surface area contributed by atoms with Gasteiger partial charge < -0.3 is 15.4 Å². The molecule has 9 heteroatoms. The fraction of sp³-hybridized carbons (Fsp3) is 0.143. The number of para-hydroxylation sites is 1. The van der Waals surface area contributed by atoms with Gasteiger partial charge in [-0.1, -0.05) is 55.2 Å². The Labute approximate surface area is 208 Å². The molecule has 3 N–H and O–H groups in total. The van der Waals surface area contributed by atoms with Crippen LogP contribution in [0.3, 0.4) is 0 Å². The van der Waals surface area contributed by atoms with E-state index in [9.17, 15) is 14.7 Å². The number of aromatic carboxylic acids is 1. The van der Waals surface area contributed by atoms with Gasteiger partial charge >= 0.3 is 5.97 Å². The molecule has 3 aromatic rings. The number of aromatic amines is 1. The maximum absolute atomic E-state index is 12.4. The van der Waals surface area contributed by atoms with Gasteiger partial charge in [-0.05, 0) is 35.8 Å². The molecule has 1 aromatic heterocycles. The zero-order valence-corrected chi connectivity index (χ0v) is 18.7. The second kappa shape index (κ2) is 11.2. The minimum absolute atomic E-state index is 0. The number of halogens is 2. The maximum Gasteiger partial charge on any atom is 0.352 e. The second-order valence-electron chi connectivity index (χ2n) is 6.59. The molecule has 0 spiro atoms. The Balaban J connectivity index is 0.00000225. The number of benzene rings is 2. The molecule has 0 aliphatic rings. The SMILES string of the molecule is CC(C)c1ccccc1NC(=O)C=Cc1c(C(=O)O)[nH]c2cc(Cl)cc(Cl)c12.[Li].[Li]. The molecular weight excluding hydrogens is 413 g/mol. The van der Waals surface area contributed by atoms with E-state index < -0.39 is 5.97 Å². The molecule has 1 amide bonds. The molecule has 30 heavy (non-hydrogen) atoms. The van der Waals surface area contributed by atoms with E-state index in [-0.39, 0.29) is 55.2 Å². The van der Waals surface area contributed by atoms with Crippen LogP contribution >= 0.6 is 23.2 Å². The third kappa shape index (κ3) is 5.77. The molecule has 0 bridgehead atoms. The van der Waals surface area contributed by atoms with Crippen molar-refractivity contribution in [2.24, 2.45) is 0 Å². The molecule has 3 rings (SSSR count). The summed E-state index contributed by atoms with van der Waals surface area (Å²) in [7, 11) is 0. The van der Waals surface area contributed by atoms with Gasteiger partial charge in [-0.3, -0.25) is 4.79 Å². The van der Waals surface area contributed by atoms with Gasteiger partial charge in [0.15, 0.2) is 0 Å². The van der Waals surface area contributed by atoms with Crippen molar-refractivity contribution in [2.45, 2.75) is 19.8 Å². The van der Waals surface area contributed by atoms with Crippen LogP contribution in [0.1, 0.15) is 41.4 Å². The van der Waals surface area contributed by atoms with Gasteiger partial charge in [-0.2, -0.15) is 0 Å². The first kappa shape index (κ1) is 26.5. The Kier molecular flexibility index (Phi) is 9.85. The Hall–Kier alpha value is -1.57. The number of hydrogen-bond acceptors (Lipinski definition) is 2. The van der Waals surface area contributed by atoms with Crippen LogP contribution in [0.2, 0.25) is 10.0 Å². The van der Waals surface area contributed by atoms with Crippen LogP contribution in [0.5, 0.6) is 0 Å². The summed E-state index contributed by atoms with van der Waals surface area (Å²) in [6.45, 7) is 4.08. The minimum Gasteiger partial charge on any atom is -0.477 e. The number of amides is 1. The molecule has 146 valence electrons. The van der Waals surface area contributed by atoms with E-state index in [2.05, 4.69) is 10.3 Å². The van der Waals surface area contributed by atoms with Gasteiger partial charge in [0.2, 0.25) is 5.91 Å². The normalized spacial score (nSPS) is 10.7. The van der Waals surface area contributed by atoms with E-state index in [0.29, 0.717) is 32.2 Å². The summed E-state index contributed by atoms with van der Waals surface area (Å²) in [5.41, 5.74) is 2.47. The van der Waals surface area contributed by atoms with Gasteiger partial charge in [0.05, 0.1) is 5.02 Å². The van der Waals surface area contributed by atoms with Gasteiger partial charge in [-0.25, -0.2) is 4.79 Å². The number of carbonyl (C=O) groups is 2. The Morgan fingerprint density at radius 2 is 1.80 bits per heavy atom. The predicted molar refractivity (Wildman–Crippen MR) is 125 cm³/mol. The zero-order chi connectivity index (χ0) is 20.4. The molecule has 5 nitrogen and oxygen atoms in total. The standard InChI is InChI=1S/C21H18Cl2N2O3.2Li/c1-11(2)13-5-3-4-6-16(13)24-18(26)8-7-14-19-15(23)9-12(22)10-17(19)25-20(14)21(27)28;;/h3-11,25H,1-2H3,(H,24,26)(H,27,28);;. The number of carboxylic acid groups (broad SMARTS) is 1. The molecule has 1 heterocycles. The average Bonchev–Trinajstić information content (AvgIpc) is 2.99. The molecular formula is C21H18Cl2Li2N2O3. The molecule has 0 saturated carbocycles. The van der Waals surface area contributed by atoms with Crippen LogP contribution in [0.15, 0.2) is 42.5 Å². The molecule has 0 unspecified atom stereocenters. The first-order chi connectivity index (χ1) is 13.3. The molecule has 0 atom stereocenters. The van der Waals surface area contributed by atoms with Gasteiger partial charge in [0.1, 0.15) is 5.69 Å². The van der Waals surface area contributed by atoms with E-state index in [1.807, 2.05) is 38.1 Å². The van der Waals surface area contributed by atoms with Crippen molar-refractivity contribution in [1.29, 1.82) is 0 Å². The number of rotatable bonds is 5. The van der Waals surface area contributed by atoms with Crippen molar-refractivity contribution < 1.29 is 14.7 Å². The summed E-state index contributed by atoms with van der Waals surface area (Å²) < 4.78 is 0.